The standard InChI is InChI=1S/C20H30N4O2/c1-14-8-9-17-19(15(14)2)23-18(22-17)10-11-21-20(25)24(3)12-4-6-16-7-5-13-26-16/h8-9,16H,4-7,10-13H2,1-3H3,(H,21,25)(H,22,23). The smallest absolute Gasteiger partial charge is 0.317 e. The van der Waals surface area contributed by atoms with Crippen molar-refractivity contribution in [3.8, 4) is 0 Å². The molecule has 1 aromatic carbocycles. The average Bonchev–Trinajstić information content (AvgIpc) is 3.28. The van der Waals surface area contributed by atoms with Crippen LogP contribution in [-0.2, 0) is 11.2 Å². The van der Waals surface area contributed by atoms with Crippen LogP contribution in [0.25, 0.3) is 11.0 Å². The minimum absolute atomic E-state index is 0.0273. The molecular weight excluding hydrogens is 328 g/mol. The molecular formula is C20H30N4O2. The molecule has 0 bridgehead atoms. The van der Waals surface area contributed by atoms with Crippen LogP contribution in [0.5, 0.6) is 0 Å². The number of nitrogens with zero attached hydrogens (tertiary/aromatic N) is 2. The summed E-state index contributed by atoms with van der Waals surface area (Å²) in [5, 5.41) is 2.98. The molecule has 3 rings (SSSR count). The third-order valence-electron chi connectivity index (χ3n) is 5.26. The van der Waals surface area contributed by atoms with Crippen molar-refractivity contribution >= 4 is 17.1 Å². The van der Waals surface area contributed by atoms with Crippen molar-refractivity contribution in [3.63, 3.8) is 0 Å². The molecule has 0 aliphatic carbocycles. The maximum atomic E-state index is 12.2. The largest absolute Gasteiger partial charge is 0.378 e. The third-order valence-corrected chi connectivity index (χ3v) is 5.26. The number of rotatable bonds is 7. The minimum atomic E-state index is -0.0273. The van der Waals surface area contributed by atoms with Crippen molar-refractivity contribution in [2.24, 2.45) is 0 Å². The fourth-order valence-electron chi connectivity index (χ4n) is 3.44. The van der Waals surface area contributed by atoms with Crippen LogP contribution in [0.15, 0.2) is 12.1 Å². The van der Waals surface area contributed by atoms with E-state index in [0.717, 1.165) is 49.3 Å². The van der Waals surface area contributed by atoms with Gasteiger partial charge in [-0.1, -0.05) is 6.07 Å². The lowest BCUT2D eigenvalue weighted by Crippen LogP contribution is -2.39. The summed E-state index contributed by atoms with van der Waals surface area (Å²) >= 11 is 0. The Labute approximate surface area is 155 Å². The number of hydrogen-bond donors (Lipinski definition) is 2. The van der Waals surface area contributed by atoms with Crippen molar-refractivity contribution in [1.82, 2.24) is 20.2 Å². The predicted molar refractivity (Wildman–Crippen MR) is 104 cm³/mol. The van der Waals surface area contributed by atoms with E-state index in [2.05, 4.69) is 41.3 Å². The molecule has 2 amide bonds. The number of carbonyl (C=O) groups excluding carboxylic acids is 1. The van der Waals surface area contributed by atoms with Gasteiger partial charge in [0.05, 0.1) is 17.1 Å². The Morgan fingerprint density at radius 3 is 3.04 bits per heavy atom. The lowest BCUT2D eigenvalue weighted by atomic mass is 10.1. The quantitative estimate of drug-likeness (QED) is 0.798. The number of carbonyl (C=O) groups is 1. The highest BCUT2D eigenvalue weighted by molar-refractivity contribution is 5.79. The number of urea groups is 1. The number of aromatic amines is 1. The van der Waals surface area contributed by atoms with E-state index in [0.29, 0.717) is 19.1 Å². The van der Waals surface area contributed by atoms with Gasteiger partial charge in [-0.05, 0) is 56.7 Å². The molecule has 26 heavy (non-hydrogen) atoms. The van der Waals surface area contributed by atoms with E-state index < -0.39 is 0 Å². The van der Waals surface area contributed by atoms with Gasteiger partial charge in [-0.3, -0.25) is 0 Å². The lowest BCUT2D eigenvalue weighted by molar-refractivity contribution is 0.100. The summed E-state index contributed by atoms with van der Waals surface area (Å²) in [5.74, 6) is 0.912. The van der Waals surface area contributed by atoms with Crippen LogP contribution in [-0.4, -0.2) is 53.7 Å². The highest BCUT2D eigenvalue weighted by Gasteiger charge is 2.16. The Hall–Kier alpha value is -2.08. The summed E-state index contributed by atoms with van der Waals surface area (Å²) < 4.78 is 5.62. The zero-order valence-electron chi connectivity index (χ0n) is 16.1. The van der Waals surface area contributed by atoms with Crippen molar-refractivity contribution < 1.29 is 9.53 Å². The second-order valence-corrected chi connectivity index (χ2v) is 7.27. The molecule has 0 spiro atoms. The van der Waals surface area contributed by atoms with Crippen LogP contribution < -0.4 is 5.32 Å². The van der Waals surface area contributed by atoms with Gasteiger partial charge >= 0.3 is 6.03 Å². The monoisotopic (exact) mass is 358 g/mol. The number of ether oxygens (including phenoxy) is 1. The Bertz CT molecular complexity index is 750. The van der Waals surface area contributed by atoms with Crippen molar-refractivity contribution in [2.45, 2.75) is 52.1 Å². The van der Waals surface area contributed by atoms with E-state index in [1.165, 1.54) is 17.5 Å². The van der Waals surface area contributed by atoms with Crippen LogP contribution in [0.2, 0.25) is 0 Å². The number of amides is 2. The Morgan fingerprint density at radius 2 is 2.27 bits per heavy atom. The third kappa shape index (κ3) is 4.55. The molecule has 1 fully saturated rings. The number of benzene rings is 1. The Morgan fingerprint density at radius 1 is 1.42 bits per heavy atom. The average molecular weight is 358 g/mol. The van der Waals surface area contributed by atoms with Gasteiger partial charge in [0.15, 0.2) is 0 Å². The zero-order valence-corrected chi connectivity index (χ0v) is 16.1. The van der Waals surface area contributed by atoms with Gasteiger partial charge in [-0.2, -0.15) is 0 Å². The van der Waals surface area contributed by atoms with Gasteiger partial charge in [0.25, 0.3) is 0 Å². The first-order valence-corrected chi connectivity index (χ1v) is 9.60. The van der Waals surface area contributed by atoms with Gasteiger partial charge in [0.1, 0.15) is 5.82 Å². The molecule has 1 aliphatic heterocycles. The van der Waals surface area contributed by atoms with E-state index in [4.69, 9.17) is 4.74 Å². The molecule has 1 unspecified atom stereocenters. The van der Waals surface area contributed by atoms with Gasteiger partial charge < -0.3 is 19.9 Å². The van der Waals surface area contributed by atoms with E-state index in [1.807, 2.05) is 7.05 Å². The second-order valence-electron chi connectivity index (χ2n) is 7.27. The van der Waals surface area contributed by atoms with E-state index in [-0.39, 0.29) is 6.03 Å². The van der Waals surface area contributed by atoms with Crippen molar-refractivity contribution in [1.29, 1.82) is 0 Å². The fourth-order valence-corrected chi connectivity index (χ4v) is 3.44. The van der Waals surface area contributed by atoms with Crippen LogP contribution in [0, 0.1) is 13.8 Å². The number of H-pyrrole nitrogens is 1. The summed E-state index contributed by atoms with van der Waals surface area (Å²) in [6, 6.07) is 4.14. The maximum absolute atomic E-state index is 12.2. The molecule has 1 atom stereocenters. The highest BCUT2D eigenvalue weighted by atomic mass is 16.5. The van der Waals surface area contributed by atoms with Crippen molar-refractivity contribution in [2.75, 3.05) is 26.7 Å². The van der Waals surface area contributed by atoms with Crippen LogP contribution in [0.1, 0.15) is 42.6 Å². The topological polar surface area (TPSA) is 70.2 Å². The Kier molecular flexibility index (Phi) is 6.14. The van der Waals surface area contributed by atoms with Gasteiger partial charge in [-0.15, -0.1) is 0 Å². The molecule has 142 valence electrons. The van der Waals surface area contributed by atoms with Gasteiger partial charge in [0, 0.05) is 33.2 Å². The first-order valence-electron chi connectivity index (χ1n) is 9.60. The van der Waals surface area contributed by atoms with Crippen molar-refractivity contribution in [3.05, 3.63) is 29.1 Å². The second kappa shape index (κ2) is 8.54. The molecule has 1 aliphatic rings. The molecule has 1 aromatic heterocycles. The first-order chi connectivity index (χ1) is 12.5. The maximum Gasteiger partial charge on any atom is 0.317 e. The van der Waals surface area contributed by atoms with Crippen LogP contribution in [0.4, 0.5) is 4.79 Å². The SMILES string of the molecule is Cc1ccc2[nH]c(CCNC(=O)N(C)CCCC3CCCO3)nc2c1C. The zero-order chi connectivity index (χ0) is 18.5. The van der Waals surface area contributed by atoms with E-state index in [9.17, 15) is 4.79 Å². The highest BCUT2D eigenvalue weighted by Crippen LogP contribution is 2.19. The van der Waals surface area contributed by atoms with Gasteiger partial charge in [0.2, 0.25) is 0 Å². The van der Waals surface area contributed by atoms with Crippen LogP contribution in [0.3, 0.4) is 0 Å². The molecule has 6 nitrogen and oxygen atoms in total. The molecule has 0 radical (unpaired) electrons. The van der Waals surface area contributed by atoms with Crippen LogP contribution >= 0.6 is 0 Å². The summed E-state index contributed by atoms with van der Waals surface area (Å²) in [7, 11) is 1.85. The van der Waals surface area contributed by atoms with E-state index in [1.54, 1.807) is 4.90 Å². The lowest BCUT2D eigenvalue weighted by Gasteiger charge is -2.18. The molecule has 6 heteroatoms. The molecule has 1 saturated heterocycles. The number of nitrogens with one attached hydrogen (secondary N) is 2. The summed E-state index contributed by atoms with van der Waals surface area (Å²) in [6.07, 6.45) is 5.44. The number of fused-ring (bicyclic) bond motifs is 1. The summed E-state index contributed by atoms with van der Waals surface area (Å²) in [6.45, 7) is 6.41. The molecule has 2 N–H and O–H groups in total. The summed E-state index contributed by atoms with van der Waals surface area (Å²) in [5.41, 5.74) is 4.53. The molecule has 2 aromatic rings. The number of aryl methyl sites for hydroxylation is 2. The molecule has 0 saturated carbocycles. The number of aromatic nitrogens is 2. The number of imidazole rings is 1. The summed E-state index contributed by atoms with van der Waals surface area (Å²) in [4.78, 5) is 22.0. The minimum Gasteiger partial charge on any atom is -0.378 e. The van der Waals surface area contributed by atoms with Gasteiger partial charge in [-0.25, -0.2) is 9.78 Å². The first kappa shape index (κ1) is 18.7. The Balaban J connectivity index is 1.40. The normalized spacial score (nSPS) is 17.0. The number of hydrogen-bond acceptors (Lipinski definition) is 3. The van der Waals surface area contributed by atoms with E-state index >= 15 is 0 Å². The predicted octanol–water partition coefficient (Wildman–Crippen LogP) is 3.32. The molecule has 2 heterocycles. The fraction of sp³-hybridized carbons (Fsp3) is 0.600.